The number of hydrogen-bond acceptors (Lipinski definition) is 12. The highest BCUT2D eigenvalue weighted by Gasteiger charge is 2.35. The van der Waals surface area contributed by atoms with Crippen LogP contribution in [-0.4, -0.2) is 87.9 Å². The topological polar surface area (TPSA) is 286 Å². The average Bonchev–Trinajstić information content (AvgIpc) is 3.21. The molecule has 0 saturated carbocycles. The van der Waals surface area contributed by atoms with Crippen molar-refractivity contribution in [3.05, 3.63) is 11.1 Å². The summed E-state index contributed by atoms with van der Waals surface area (Å²) in [6.45, 7) is 3.70. The third kappa shape index (κ3) is 10.5. The van der Waals surface area contributed by atoms with Gasteiger partial charge in [-0.15, -0.1) is 11.3 Å². The number of oxime groups is 1. The highest BCUT2D eigenvalue weighted by Crippen LogP contribution is 2.15. The van der Waals surface area contributed by atoms with E-state index in [9.17, 15) is 42.4 Å². The minimum absolute atomic E-state index is 0.00970. The Morgan fingerprint density at radius 3 is 2.32 bits per heavy atom. The van der Waals surface area contributed by atoms with Crippen molar-refractivity contribution in [1.82, 2.24) is 20.3 Å². The van der Waals surface area contributed by atoms with Crippen LogP contribution >= 0.6 is 11.3 Å². The monoisotopic (exact) mass is 581 g/mol. The fourth-order valence-corrected chi connectivity index (χ4v) is 3.90. The number of rotatable bonds is 16. The molecule has 1 rings (SSSR count). The molecule has 0 aliphatic heterocycles. The number of thiazole rings is 1. The SMILES string of the molecule is C[C@H](NS(=O)(=O)O)[C@H](NC(=O)/C(=N\OC(C)(C)C(=O)O)c1csc(N)n1)C(=O)NC(CCCCN)C(=O)O. The summed E-state index contributed by atoms with van der Waals surface area (Å²) in [7, 11) is -4.87. The molecule has 17 nitrogen and oxygen atoms in total. The average molecular weight is 582 g/mol. The fourth-order valence-electron chi connectivity index (χ4n) is 2.74. The van der Waals surface area contributed by atoms with Crippen LogP contribution in [0, 0.1) is 0 Å². The highest BCUT2D eigenvalue weighted by atomic mass is 32.2. The number of aromatic nitrogens is 1. The molecule has 10 N–H and O–H groups in total. The molecule has 2 amide bonds. The van der Waals surface area contributed by atoms with Crippen LogP contribution in [0.4, 0.5) is 5.13 Å². The second-order valence-corrected chi connectivity index (χ2v) is 10.5. The van der Waals surface area contributed by atoms with Crippen LogP contribution in [0.5, 0.6) is 0 Å². The van der Waals surface area contributed by atoms with Crippen LogP contribution in [0.1, 0.15) is 45.7 Å². The van der Waals surface area contributed by atoms with Gasteiger partial charge in [0.15, 0.2) is 10.8 Å². The molecule has 19 heteroatoms. The summed E-state index contributed by atoms with van der Waals surface area (Å²) in [5.41, 5.74) is 8.33. The second-order valence-electron chi connectivity index (χ2n) is 8.43. The number of nitrogens with two attached hydrogens (primary N) is 2. The predicted octanol–water partition coefficient (Wildman–Crippen LogP) is -1.73. The lowest BCUT2D eigenvalue weighted by molar-refractivity contribution is -0.161. The molecule has 1 aromatic heterocycles. The summed E-state index contributed by atoms with van der Waals surface area (Å²) in [5.74, 6) is -5.11. The van der Waals surface area contributed by atoms with E-state index in [0.29, 0.717) is 12.8 Å². The van der Waals surface area contributed by atoms with E-state index in [2.05, 4.69) is 20.8 Å². The fraction of sp³-hybridized carbons (Fsp3) is 0.579. The summed E-state index contributed by atoms with van der Waals surface area (Å²) >= 11 is 0.906. The van der Waals surface area contributed by atoms with E-state index in [4.69, 9.17) is 16.3 Å². The highest BCUT2D eigenvalue weighted by molar-refractivity contribution is 7.83. The van der Waals surface area contributed by atoms with Crippen LogP contribution in [0.15, 0.2) is 10.5 Å². The van der Waals surface area contributed by atoms with Crippen molar-refractivity contribution in [2.75, 3.05) is 12.3 Å². The van der Waals surface area contributed by atoms with Gasteiger partial charge < -0.3 is 37.2 Å². The van der Waals surface area contributed by atoms with Crippen molar-refractivity contribution >= 4 is 56.2 Å². The number of carbonyl (C=O) groups is 4. The van der Waals surface area contributed by atoms with Gasteiger partial charge in [0.25, 0.3) is 5.91 Å². The van der Waals surface area contributed by atoms with Gasteiger partial charge in [-0.2, -0.15) is 13.1 Å². The number of nitrogen functional groups attached to an aromatic ring is 1. The molecule has 0 spiro atoms. The zero-order valence-electron chi connectivity index (χ0n) is 20.7. The first-order chi connectivity index (χ1) is 17.5. The number of anilines is 1. The molecule has 0 aliphatic carbocycles. The van der Waals surface area contributed by atoms with E-state index >= 15 is 0 Å². The van der Waals surface area contributed by atoms with Crippen molar-refractivity contribution < 1.29 is 47.2 Å². The van der Waals surface area contributed by atoms with E-state index < -0.39 is 63.5 Å². The predicted molar refractivity (Wildman–Crippen MR) is 134 cm³/mol. The first-order valence-corrected chi connectivity index (χ1v) is 13.3. The molecule has 0 radical (unpaired) electrons. The summed E-state index contributed by atoms with van der Waals surface area (Å²) < 4.78 is 33.6. The molecule has 214 valence electrons. The Morgan fingerprint density at radius 2 is 1.84 bits per heavy atom. The maximum atomic E-state index is 13.2. The molecule has 0 aromatic carbocycles. The minimum Gasteiger partial charge on any atom is -0.480 e. The number of nitrogens with zero attached hydrogens (tertiary/aromatic N) is 2. The molecule has 1 unspecified atom stereocenters. The molecular weight excluding hydrogens is 550 g/mol. The van der Waals surface area contributed by atoms with Gasteiger partial charge in [-0.1, -0.05) is 5.16 Å². The third-order valence-electron chi connectivity index (χ3n) is 4.83. The Kier molecular flexibility index (Phi) is 12.0. The van der Waals surface area contributed by atoms with Gasteiger partial charge in [0.2, 0.25) is 11.5 Å². The summed E-state index contributed by atoms with van der Waals surface area (Å²) in [6.07, 6.45) is 0.814. The number of amides is 2. The summed E-state index contributed by atoms with van der Waals surface area (Å²) in [4.78, 5) is 58.0. The van der Waals surface area contributed by atoms with Crippen LogP contribution < -0.4 is 26.8 Å². The normalized spacial score (nSPS) is 14.7. The number of aliphatic carboxylic acids is 2. The zero-order valence-corrected chi connectivity index (χ0v) is 22.3. The summed E-state index contributed by atoms with van der Waals surface area (Å²) in [6, 6.07) is -4.71. The first kappa shape index (κ1) is 32.6. The molecule has 0 bridgehead atoms. The van der Waals surface area contributed by atoms with E-state index in [1.54, 1.807) is 4.72 Å². The molecule has 1 aromatic rings. The molecular formula is C19H31N7O10S2. The van der Waals surface area contributed by atoms with Gasteiger partial charge in [-0.05, 0) is 46.6 Å². The Hall–Kier alpha value is -3.39. The summed E-state index contributed by atoms with van der Waals surface area (Å²) in [5, 5.41) is 28.0. The van der Waals surface area contributed by atoms with Gasteiger partial charge in [-0.3, -0.25) is 14.1 Å². The lowest BCUT2D eigenvalue weighted by Gasteiger charge is -2.26. The van der Waals surface area contributed by atoms with Gasteiger partial charge in [0.05, 0.1) is 6.04 Å². The number of hydrogen-bond donors (Lipinski definition) is 8. The van der Waals surface area contributed by atoms with Crippen molar-refractivity contribution in [3.8, 4) is 0 Å². The van der Waals surface area contributed by atoms with Crippen LogP contribution in [-0.2, 0) is 34.3 Å². The smallest absolute Gasteiger partial charge is 0.350 e. The molecule has 0 fully saturated rings. The maximum Gasteiger partial charge on any atom is 0.350 e. The van der Waals surface area contributed by atoms with E-state index in [0.717, 1.165) is 32.1 Å². The molecule has 1 heterocycles. The van der Waals surface area contributed by atoms with E-state index in [1.807, 2.05) is 0 Å². The van der Waals surface area contributed by atoms with Crippen molar-refractivity contribution in [2.24, 2.45) is 10.9 Å². The van der Waals surface area contributed by atoms with E-state index in [-0.39, 0.29) is 23.8 Å². The van der Waals surface area contributed by atoms with Gasteiger partial charge in [0.1, 0.15) is 17.8 Å². The molecule has 0 aliphatic rings. The number of nitrogens with one attached hydrogen (secondary N) is 3. The maximum absolute atomic E-state index is 13.2. The van der Waals surface area contributed by atoms with Crippen molar-refractivity contribution in [2.45, 2.75) is 63.8 Å². The third-order valence-corrected chi connectivity index (χ3v) is 6.17. The van der Waals surface area contributed by atoms with Gasteiger partial charge in [-0.25, -0.2) is 14.6 Å². The Balaban J connectivity index is 3.36. The minimum atomic E-state index is -4.87. The first-order valence-electron chi connectivity index (χ1n) is 11.0. The molecule has 38 heavy (non-hydrogen) atoms. The lowest BCUT2D eigenvalue weighted by Crippen LogP contribution is -2.60. The van der Waals surface area contributed by atoms with Crippen molar-refractivity contribution in [3.63, 3.8) is 0 Å². The largest absolute Gasteiger partial charge is 0.480 e. The lowest BCUT2D eigenvalue weighted by atomic mass is 10.1. The molecule has 0 saturated heterocycles. The number of unbranched alkanes of at least 4 members (excludes halogenated alkanes) is 1. The number of carboxylic acids is 2. The second kappa shape index (κ2) is 14.0. The zero-order chi connectivity index (χ0) is 29.3. The number of carbonyl (C=O) groups excluding carboxylic acids is 2. The quantitative estimate of drug-likeness (QED) is 0.0467. The Labute approximate surface area is 221 Å². The van der Waals surface area contributed by atoms with Crippen molar-refractivity contribution in [1.29, 1.82) is 0 Å². The Bertz CT molecular complexity index is 1150. The van der Waals surface area contributed by atoms with Gasteiger partial charge >= 0.3 is 22.2 Å². The van der Waals surface area contributed by atoms with E-state index in [1.165, 1.54) is 5.38 Å². The standard InChI is InChI=1S/C19H31N7O10S2/c1-9(26-38(33,34)35)12(14(27)22-10(16(29)30)6-4-5-7-20)24-15(28)13(11-8-37-18(21)23-11)25-36-19(2,3)17(31)32/h8-10,12,26H,4-7,20H2,1-3H3,(H2,21,23)(H,22,27)(H,24,28)(H,29,30)(H,31,32)(H,33,34,35)/b25-13-/t9-,10?,12-/m0/s1. The Morgan fingerprint density at radius 1 is 1.21 bits per heavy atom. The van der Waals surface area contributed by atoms with Crippen LogP contribution in [0.2, 0.25) is 0 Å². The molecule has 3 atom stereocenters. The number of carboxylic acid groups (broad SMARTS) is 2. The van der Waals surface area contributed by atoms with Crippen LogP contribution in [0.3, 0.4) is 0 Å². The van der Waals surface area contributed by atoms with Gasteiger partial charge in [0, 0.05) is 5.38 Å². The van der Waals surface area contributed by atoms with Crippen LogP contribution in [0.25, 0.3) is 0 Å².